The van der Waals surface area contributed by atoms with E-state index in [1.807, 2.05) is 11.7 Å². The maximum absolute atomic E-state index is 5.60. The minimum atomic E-state index is 0.669. The molecule has 0 radical (unpaired) electrons. The van der Waals surface area contributed by atoms with Gasteiger partial charge in [-0.15, -0.1) is 0 Å². The fourth-order valence-electron chi connectivity index (χ4n) is 2.26. The summed E-state index contributed by atoms with van der Waals surface area (Å²) in [6.07, 6.45) is 6.98. The van der Waals surface area contributed by atoms with Crippen molar-refractivity contribution in [1.29, 1.82) is 0 Å². The van der Waals surface area contributed by atoms with Gasteiger partial charge in [-0.1, -0.05) is 0 Å². The zero-order valence-corrected chi connectivity index (χ0v) is 8.16. The average Bonchev–Trinajstić information content (AvgIpc) is 2.47. The first-order chi connectivity index (χ1) is 6.31. The summed E-state index contributed by atoms with van der Waals surface area (Å²) in [6, 6.07) is 0. The molecule has 2 rings (SSSR count). The van der Waals surface area contributed by atoms with E-state index in [2.05, 4.69) is 11.3 Å². The summed E-state index contributed by atoms with van der Waals surface area (Å²) < 4.78 is 1.93. The monoisotopic (exact) mass is 179 g/mol. The topological polar surface area (TPSA) is 43.8 Å². The Kier molecular flexibility index (Phi) is 2.36. The van der Waals surface area contributed by atoms with Crippen molar-refractivity contribution in [2.75, 3.05) is 6.54 Å². The van der Waals surface area contributed by atoms with E-state index in [0.717, 1.165) is 19.4 Å². The molecule has 0 saturated heterocycles. The third-order valence-corrected chi connectivity index (χ3v) is 2.86. The fraction of sp³-hybridized carbons (Fsp3) is 0.700. The number of nitrogens with two attached hydrogens (primary N) is 1. The molecule has 1 aromatic rings. The SMILES string of the molecule is Cn1cc2c(n1)CCCC2CCN. The fourth-order valence-corrected chi connectivity index (χ4v) is 2.26. The number of fused-ring (bicyclic) bond motifs is 1. The number of hydrogen-bond donors (Lipinski definition) is 1. The molecule has 13 heavy (non-hydrogen) atoms. The highest BCUT2D eigenvalue weighted by Gasteiger charge is 2.21. The molecule has 0 aromatic carbocycles. The average molecular weight is 179 g/mol. The van der Waals surface area contributed by atoms with Crippen LogP contribution in [0, 0.1) is 0 Å². The van der Waals surface area contributed by atoms with Crippen LogP contribution in [0.25, 0.3) is 0 Å². The molecule has 72 valence electrons. The van der Waals surface area contributed by atoms with E-state index in [9.17, 15) is 0 Å². The predicted octanol–water partition coefficient (Wildman–Crippen LogP) is 1.19. The molecular weight excluding hydrogens is 162 g/mol. The van der Waals surface area contributed by atoms with Crippen LogP contribution in [0.4, 0.5) is 0 Å². The third kappa shape index (κ3) is 1.61. The van der Waals surface area contributed by atoms with Crippen molar-refractivity contribution in [3.05, 3.63) is 17.5 Å². The minimum Gasteiger partial charge on any atom is -0.330 e. The quantitative estimate of drug-likeness (QED) is 0.741. The second kappa shape index (κ2) is 3.50. The summed E-state index contributed by atoms with van der Waals surface area (Å²) in [7, 11) is 2.00. The third-order valence-electron chi connectivity index (χ3n) is 2.86. The minimum absolute atomic E-state index is 0.669. The van der Waals surface area contributed by atoms with Gasteiger partial charge in [-0.25, -0.2) is 0 Å². The zero-order chi connectivity index (χ0) is 9.26. The first-order valence-corrected chi connectivity index (χ1v) is 5.03. The number of hydrogen-bond acceptors (Lipinski definition) is 2. The van der Waals surface area contributed by atoms with Crippen LogP contribution in [0.15, 0.2) is 6.20 Å². The van der Waals surface area contributed by atoms with Gasteiger partial charge in [0.25, 0.3) is 0 Å². The van der Waals surface area contributed by atoms with E-state index in [-0.39, 0.29) is 0 Å². The molecule has 0 spiro atoms. The second-order valence-corrected chi connectivity index (χ2v) is 3.87. The first-order valence-electron chi connectivity index (χ1n) is 5.03. The van der Waals surface area contributed by atoms with Gasteiger partial charge in [0.2, 0.25) is 0 Å². The lowest BCUT2D eigenvalue weighted by Gasteiger charge is -2.20. The Bertz CT molecular complexity index is 290. The molecule has 3 heteroatoms. The van der Waals surface area contributed by atoms with Crippen LogP contribution in [-0.4, -0.2) is 16.3 Å². The van der Waals surface area contributed by atoms with Crippen LogP contribution in [0.3, 0.4) is 0 Å². The zero-order valence-electron chi connectivity index (χ0n) is 8.16. The van der Waals surface area contributed by atoms with E-state index in [0.29, 0.717) is 5.92 Å². The Morgan fingerprint density at radius 1 is 1.69 bits per heavy atom. The molecule has 0 aliphatic heterocycles. The molecule has 1 heterocycles. The number of rotatable bonds is 2. The molecule has 0 saturated carbocycles. The van der Waals surface area contributed by atoms with Crippen LogP contribution in [0.2, 0.25) is 0 Å². The molecule has 1 aliphatic rings. The molecule has 1 aliphatic carbocycles. The van der Waals surface area contributed by atoms with Gasteiger partial charge in [0.1, 0.15) is 0 Å². The Labute approximate surface area is 78.9 Å². The van der Waals surface area contributed by atoms with E-state index < -0.39 is 0 Å². The summed E-state index contributed by atoms with van der Waals surface area (Å²) in [5.74, 6) is 0.669. The lowest BCUT2D eigenvalue weighted by molar-refractivity contribution is 0.523. The van der Waals surface area contributed by atoms with Crippen LogP contribution < -0.4 is 5.73 Å². The van der Waals surface area contributed by atoms with E-state index >= 15 is 0 Å². The predicted molar refractivity (Wildman–Crippen MR) is 52.6 cm³/mol. The van der Waals surface area contributed by atoms with Crippen LogP contribution in [-0.2, 0) is 13.5 Å². The van der Waals surface area contributed by atoms with Crippen LogP contribution in [0.5, 0.6) is 0 Å². The summed E-state index contributed by atoms with van der Waals surface area (Å²) in [5.41, 5.74) is 8.34. The van der Waals surface area contributed by atoms with Gasteiger partial charge in [0.05, 0.1) is 5.69 Å². The highest BCUT2D eigenvalue weighted by atomic mass is 15.3. The highest BCUT2D eigenvalue weighted by Crippen LogP contribution is 2.32. The Morgan fingerprint density at radius 2 is 2.54 bits per heavy atom. The molecule has 2 N–H and O–H groups in total. The van der Waals surface area contributed by atoms with Gasteiger partial charge in [0.15, 0.2) is 0 Å². The van der Waals surface area contributed by atoms with Gasteiger partial charge in [-0.2, -0.15) is 5.10 Å². The molecule has 1 unspecified atom stereocenters. The Balaban J connectivity index is 2.25. The second-order valence-electron chi connectivity index (χ2n) is 3.87. The van der Waals surface area contributed by atoms with Crippen molar-refractivity contribution in [3.63, 3.8) is 0 Å². The van der Waals surface area contributed by atoms with E-state index in [1.165, 1.54) is 24.1 Å². The van der Waals surface area contributed by atoms with E-state index in [1.54, 1.807) is 0 Å². The van der Waals surface area contributed by atoms with Gasteiger partial charge >= 0.3 is 0 Å². The Morgan fingerprint density at radius 3 is 3.31 bits per heavy atom. The normalized spacial score (nSPS) is 21.5. The van der Waals surface area contributed by atoms with Gasteiger partial charge in [-0.05, 0) is 43.7 Å². The summed E-state index contributed by atoms with van der Waals surface area (Å²) in [6.45, 7) is 0.791. The molecule has 3 nitrogen and oxygen atoms in total. The summed E-state index contributed by atoms with van der Waals surface area (Å²) >= 11 is 0. The smallest absolute Gasteiger partial charge is 0.0659 e. The van der Waals surface area contributed by atoms with E-state index in [4.69, 9.17) is 5.73 Å². The van der Waals surface area contributed by atoms with Gasteiger partial charge < -0.3 is 5.73 Å². The number of aryl methyl sites for hydroxylation is 2. The van der Waals surface area contributed by atoms with Crippen molar-refractivity contribution in [2.45, 2.75) is 31.6 Å². The molecule has 1 aromatic heterocycles. The maximum Gasteiger partial charge on any atom is 0.0659 e. The number of nitrogens with zero attached hydrogens (tertiary/aromatic N) is 2. The highest BCUT2D eigenvalue weighted by molar-refractivity contribution is 5.24. The molecule has 0 bridgehead atoms. The van der Waals surface area contributed by atoms with Crippen LogP contribution in [0.1, 0.15) is 36.4 Å². The molecule has 1 atom stereocenters. The lowest BCUT2D eigenvalue weighted by Crippen LogP contribution is -2.12. The standard InChI is InChI=1S/C10H17N3/c1-13-7-9-8(5-6-11)3-2-4-10(9)12-13/h7-8H,2-6,11H2,1H3. The molecular formula is C10H17N3. The van der Waals surface area contributed by atoms with Gasteiger partial charge in [0, 0.05) is 13.2 Å². The van der Waals surface area contributed by atoms with Crippen molar-refractivity contribution in [3.8, 4) is 0 Å². The summed E-state index contributed by atoms with van der Waals surface area (Å²) in [5, 5.41) is 4.46. The first kappa shape index (κ1) is 8.75. The maximum atomic E-state index is 5.60. The van der Waals surface area contributed by atoms with Crippen molar-refractivity contribution >= 4 is 0 Å². The number of aromatic nitrogens is 2. The largest absolute Gasteiger partial charge is 0.330 e. The molecule has 0 fully saturated rings. The van der Waals surface area contributed by atoms with Crippen molar-refractivity contribution in [2.24, 2.45) is 12.8 Å². The van der Waals surface area contributed by atoms with Crippen LogP contribution >= 0.6 is 0 Å². The van der Waals surface area contributed by atoms with Crippen molar-refractivity contribution in [1.82, 2.24) is 9.78 Å². The lowest BCUT2D eigenvalue weighted by atomic mass is 9.85. The van der Waals surface area contributed by atoms with Gasteiger partial charge in [-0.3, -0.25) is 4.68 Å². The van der Waals surface area contributed by atoms with Crippen molar-refractivity contribution < 1.29 is 0 Å². The summed E-state index contributed by atoms with van der Waals surface area (Å²) in [4.78, 5) is 0. The Hall–Kier alpha value is -0.830. The molecule has 0 amide bonds.